The van der Waals surface area contributed by atoms with Crippen LogP contribution < -0.4 is 10.5 Å². The van der Waals surface area contributed by atoms with E-state index in [9.17, 15) is 14.4 Å². The van der Waals surface area contributed by atoms with Gasteiger partial charge in [0.25, 0.3) is 5.56 Å². The molecule has 36 heavy (non-hydrogen) atoms. The minimum atomic E-state index is -0.430. The molecule has 1 unspecified atom stereocenters. The molecule has 8 nitrogen and oxygen atoms in total. The first kappa shape index (κ1) is 22.6. The lowest BCUT2D eigenvalue weighted by Crippen LogP contribution is -2.58. The van der Waals surface area contributed by atoms with Gasteiger partial charge in [-0.25, -0.2) is 4.98 Å². The molecule has 6 rings (SSSR count). The quantitative estimate of drug-likeness (QED) is 0.518. The van der Waals surface area contributed by atoms with E-state index in [0.717, 1.165) is 31.2 Å². The van der Waals surface area contributed by atoms with Gasteiger partial charge in [0.15, 0.2) is 5.78 Å². The van der Waals surface area contributed by atoms with Gasteiger partial charge in [0, 0.05) is 55.1 Å². The van der Waals surface area contributed by atoms with Gasteiger partial charge in [-0.15, -0.1) is 0 Å². The fraction of sp³-hybridized carbons (Fsp3) is 0.393. The molecule has 3 aromatic rings. The summed E-state index contributed by atoms with van der Waals surface area (Å²) in [6, 6.07) is 14.4. The van der Waals surface area contributed by atoms with Crippen molar-refractivity contribution in [3.05, 3.63) is 76.8 Å². The number of pyridine rings is 1. The predicted octanol–water partition coefficient (Wildman–Crippen LogP) is 3.17. The number of nitrogens with zero attached hydrogens (tertiary/aromatic N) is 5. The number of hydrogen-bond donors (Lipinski definition) is 0. The molecule has 8 heteroatoms. The highest BCUT2D eigenvalue weighted by atomic mass is 16.2. The lowest BCUT2D eigenvalue weighted by Gasteiger charge is -2.46. The summed E-state index contributed by atoms with van der Waals surface area (Å²) in [6.45, 7) is 1.83. The van der Waals surface area contributed by atoms with Crippen molar-refractivity contribution in [2.24, 2.45) is 5.92 Å². The molecule has 0 N–H and O–H groups in total. The van der Waals surface area contributed by atoms with Crippen molar-refractivity contribution in [2.45, 2.75) is 44.2 Å². The highest BCUT2D eigenvalue weighted by molar-refractivity contribution is 5.99. The van der Waals surface area contributed by atoms with Gasteiger partial charge in [-0.05, 0) is 37.8 Å². The molecule has 1 saturated heterocycles. The van der Waals surface area contributed by atoms with Crippen molar-refractivity contribution in [3.63, 3.8) is 0 Å². The Labute approximate surface area is 209 Å². The van der Waals surface area contributed by atoms with Gasteiger partial charge >= 0.3 is 0 Å². The highest BCUT2D eigenvalue weighted by Crippen LogP contribution is 2.40. The number of hydrogen-bond acceptors (Lipinski definition) is 6. The zero-order valence-electron chi connectivity index (χ0n) is 20.2. The Morgan fingerprint density at radius 2 is 1.75 bits per heavy atom. The molecule has 0 bridgehead atoms. The minimum Gasteiger partial charge on any atom is -0.340 e. The van der Waals surface area contributed by atoms with E-state index >= 15 is 0 Å². The van der Waals surface area contributed by atoms with E-state index in [1.165, 1.54) is 0 Å². The first-order valence-electron chi connectivity index (χ1n) is 12.7. The molecule has 2 aromatic heterocycles. The summed E-state index contributed by atoms with van der Waals surface area (Å²) in [5.74, 6) is 0.835. The van der Waals surface area contributed by atoms with Crippen molar-refractivity contribution in [2.75, 3.05) is 24.5 Å². The average Bonchev–Trinajstić information content (AvgIpc) is 3.30. The summed E-state index contributed by atoms with van der Waals surface area (Å²) in [5, 5.41) is 0. The number of carbonyl (C=O) groups is 2. The second kappa shape index (κ2) is 9.00. The fourth-order valence-corrected chi connectivity index (χ4v) is 5.73. The Hall–Kier alpha value is -3.81. The molecule has 3 aliphatic rings. The van der Waals surface area contributed by atoms with E-state index in [0.29, 0.717) is 43.3 Å². The van der Waals surface area contributed by atoms with Crippen molar-refractivity contribution < 1.29 is 9.59 Å². The summed E-state index contributed by atoms with van der Waals surface area (Å²) in [7, 11) is 0. The van der Waals surface area contributed by atoms with E-state index in [4.69, 9.17) is 4.98 Å². The number of fused-ring (bicyclic) bond motifs is 1. The Balaban J connectivity index is 1.41. The average molecular weight is 484 g/mol. The maximum atomic E-state index is 13.4. The molecule has 1 atom stereocenters. The smallest absolute Gasteiger partial charge is 0.255 e. The van der Waals surface area contributed by atoms with Crippen LogP contribution in [0.1, 0.15) is 42.5 Å². The van der Waals surface area contributed by atoms with E-state index in [2.05, 4.69) is 4.98 Å². The number of Topliss-reactive ketones (excluding diaryl/α,β-unsaturated/α-hetero) is 1. The predicted molar refractivity (Wildman–Crippen MR) is 136 cm³/mol. The van der Waals surface area contributed by atoms with Crippen LogP contribution in [0.3, 0.4) is 0 Å². The van der Waals surface area contributed by atoms with E-state index in [1.807, 2.05) is 52.3 Å². The standard InChI is InChI=1S/C28H29N5O3/c34-24(21-5-2-1-3-6-21)18-33-27-30-23(20-9-13-29-14-10-20)17-25(35)32(27)16-12-28(33)11-15-31(19-28)26(36)22-7-4-8-22/h1-3,5-6,9-10,13-14,17,22H,4,7-8,11-12,15-16,18-19H2. The third kappa shape index (κ3) is 3.90. The third-order valence-electron chi connectivity index (χ3n) is 8.07. The maximum absolute atomic E-state index is 13.4. The third-order valence-corrected chi connectivity index (χ3v) is 8.07. The largest absolute Gasteiger partial charge is 0.340 e. The van der Waals surface area contributed by atoms with Crippen LogP contribution in [0.25, 0.3) is 11.3 Å². The van der Waals surface area contributed by atoms with E-state index in [1.54, 1.807) is 23.0 Å². The first-order valence-corrected chi connectivity index (χ1v) is 12.7. The molecule has 1 aliphatic carbocycles. The summed E-state index contributed by atoms with van der Waals surface area (Å²) in [5.41, 5.74) is 1.41. The molecular weight excluding hydrogens is 454 g/mol. The normalized spacial score (nSPS) is 21.3. The van der Waals surface area contributed by atoms with Gasteiger partial charge in [0.1, 0.15) is 0 Å². The molecular formula is C28H29N5O3. The summed E-state index contributed by atoms with van der Waals surface area (Å²) < 4.78 is 1.67. The number of benzene rings is 1. The Morgan fingerprint density at radius 3 is 2.47 bits per heavy atom. The fourth-order valence-electron chi connectivity index (χ4n) is 5.73. The number of anilines is 1. The van der Waals surface area contributed by atoms with Gasteiger partial charge in [0.2, 0.25) is 11.9 Å². The molecule has 2 aliphatic heterocycles. The highest BCUT2D eigenvalue weighted by Gasteiger charge is 2.49. The van der Waals surface area contributed by atoms with E-state index in [-0.39, 0.29) is 29.7 Å². The molecule has 2 fully saturated rings. The number of likely N-dealkylation sites (tertiary alicyclic amines) is 1. The molecule has 1 saturated carbocycles. The van der Waals surface area contributed by atoms with Crippen LogP contribution in [0.2, 0.25) is 0 Å². The van der Waals surface area contributed by atoms with Gasteiger partial charge in [0.05, 0.1) is 17.8 Å². The van der Waals surface area contributed by atoms with Crippen LogP contribution in [0.15, 0.2) is 65.7 Å². The zero-order valence-corrected chi connectivity index (χ0v) is 20.2. The van der Waals surface area contributed by atoms with Crippen LogP contribution in [-0.4, -0.2) is 56.3 Å². The van der Waals surface area contributed by atoms with E-state index < -0.39 is 5.54 Å². The van der Waals surface area contributed by atoms with Gasteiger partial charge in [-0.1, -0.05) is 36.8 Å². The van der Waals surface area contributed by atoms with Gasteiger partial charge < -0.3 is 9.80 Å². The lowest BCUT2D eigenvalue weighted by molar-refractivity contribution is -0.137. The number of amides is 1. The molecule has 1 spiro atoms. The van der Waals surface area contributed by atoms with Crippen molar-refractivity contribution in [3.8, 4) is 11.3 Å². The van der Waals surface area contributed by atoms with Gasteiger partial charge in [-0.2, -0.15) is 0 Å². The van der Waals surface area contributed by atoms with Crippen LogP contribution in [0.5, 0.6) is 0 Å². The Kier molecular flexibility index (Phi) is 5.66. The Bertz CT molecular complexity index is 1350. The number of ketones is 1. The number of aromatic nitrogens is 3. The second-order valence-corrected chi connectivity index (χ2v) is 10.2. The topological polar surface area (TPSA) is 88.4 Å². The van der Waals surface area contributed by atoms with Crippen molar-refractivity contribution >= 4 is 17.6 Å². The summed E-state index contributed by atoms with van der Waals surface area (Å²) >= 11 is 0. The summed E-state index contributed by atoms with van der Waals surface area (Å²) in [4.78, 5) is 52.7. The maximum Gasteiger partial charge on any atom is 0.255 e. The van der Waals surface area contributed by atoms with Crippen LogP contribution >= 0.6 is 0 Å². The lowest BCUT2D eigenvalue weighted by atomic mass is 9.84. The Morgan fingerprint density at radius 1 is 1.00 bits per heavy atom. The molecule has 1 amide bonds. The van der Waals surface area contributed by atoms with Crippen LogP contribution in [0.4, 0.5) is 5.95 Å². The summed E-state index contributed by atoms with van der Waals surface area (Å²) in [6.07, 6.45) is 7.84. The molecule has 184 valence electrons. The zero-order chi connectivity index (χ0) is 24.7. The van der Waals surface area contributed by atoms with Crippen LogP contribution in [0, 0.1) is 5.92 Å². The number of rotatable bonds is 5. The minimum absolute atomic E-state index is 0.0317. The van der Waals surface area contributed by atoms with Crippen LogP contribution in [-0.2, 0) is 11.3 Å². The van der Waals surface area contributed by atoms with Gasteiger partial charge in [-0.3, -0.25) is 23.9 Å². The number of carbonyl (C=O) groups excluding carboxylic acids is 2. The molecule has 0 radical (unpaired) electrons. The van der Waals surface area contributed by atoms with Crippen molar-refractivity contribution in [1.82, 2.24) is 19.4 Å². The molecule has 1 aromatic carbocycles. The first-order chi connectivity index (χ1) is 17.5. The molecule has 4 heterocycles. The monoisotopic (exact) mass is 483 g/mol. The second-order valence-electron chi connectivity index (χ2n) is 10.2. The SMILES string of the molecule is O=C(CN1c2nc(-c3ccncc3)cc(=O)n2CCC12CCN(C(=O)C1CCC1)C2)c1ccccc1. The van der Waals surface area contributed by atoms with Crippen molar-refractivity contribution in [1.29, 1.82) is 0 Å².